The van der Waals surface area contributed by atoms with Gasteiger partial charge in [0.2, 0.25) is 0 Å². The van der Waals surface area contributed by atoms with Crippen molar-refractivity contribution in [1.29, 1.82) is 0 Å². The normalized spacial score (nSPS) is 20.7. The van der Waals surface area contributed by atoms with E-state index >= 15 is 0 Å². The van der Waals surface area contributed by atoms with Crippen LogP contribution >= 0.6 is 0 Å². The summed E-state index contributed by atoms with van der Waals surface area (Å²) < 4.78 is 7.70. The van der Waals surface area contributed by atoms with Crippen molar-refractivity contribution in [3.05, 3.63) is 58.3 Å². The summed E-state index contributed by atoms with van der Waals surface area (Å²) in [7, 11) is 0. The summed E-state index contributed by atoms with van der Waals surface area (Å²) in [5, 5.41) is 0.733. The summed E-state index contributed by atoms with van der Waals surface area (Å²) in [6.07, 6.45) is 8.20. The zero-order valence-electron chi connectivity index (χ0n) is 17.9. The summed E-state index contributed by atoms with van der Waals surface area (Å²) in [5.41, 5.74) is 1.94. The summed E-state index contributed by atoms with van der Waals surface area (Å²) in [4.78, 5) is 25.5. The second-order valence-electron chi connectivity index (χ2n) is 9.05. The van der Waals surface area contributed by atoms with E-state index in [4.69, 9.17) is 9.40 Å². The minimum absolute atomic E-state index is 0.124. The molecule has 158 valence electrons. The highest BCUT2D eigenvalue weighted by Gasteiger charge is 2.34. The van der Waals surface area contributed by atoms with Gasteiger partial charge in [0.25, 0.3) is 5.56 Å². The molecule has 0 N–H and O–H groups in total. The van der Waals surface area contributed by atoms with Crippen molar-refractivity contribution in [2.75, 3.05) is 6.54 Å². The van der Waals surface area contributed by atoms with Gasteiger partial charge in [-0.1, -0.05) is 38.8 Å². The molecule has 5 rings (SSSR count). The molecule has 3 heterocycles. The van der Waals surface area contributed by atoms with E-state index in [0.717, 1.165) is 67.0 Å². The number of likely N-dealkylation sites (tertiary alicyclic amines) is 1. The van der Waals surface area contributed by atoms with Gasteiger partial charge in [0.15, 0.2) is 6.39 Å². The van der Waals surface area contributed by atoms with Crippen LogP contribution in [0.1, 0.15) is 87.7 Å². The molecule has 3 aromatic rings. The second-order valence-corrected chi connectivity index (χ2v) is 9.05. The Balaban J connectivity index is 1.58. The molecule has 0 amide bonds. The highest BCUT2D eigenvalue weighted by molar-refractivity contribution is 5.77. The maximum atomic E-state index is 13.5. The number of fused-ring (bicyclic) bond motifs is 1. The van der Waals surface area contributed by atoms with Crippen LogP contribution in [0.4, 0.5) is 0 Å². The average molecular weight is 407 g/mol. The van der Waals surface area contributed by atoms with Crippen LogP contribution in [0.3, 0.4) is 0 Å². The Morgan fingerprint density at radius 3 is 2.73 bits per heavy atom. The molecule has 1 aliphatic heterocycles. The van der Waals surface area contributed by atoms with E-state index in [1.807, 2.05) is 28.8 Å². The van der Waals surface area contributed by atoms with Crippen LogP contribution in [0.5, 0.6) is 0 Å². The third kappa shape index (κ3) is 3.37. The van der Waals surface area contributed by atoms with Crippen molar-refractivity contribution in [3.63, 3.8) is 0 Å². The van der Waals surface area contributed by atoms with Gasteiger partial charge in [-0.2, -0.15) is 0 Å². The molecule has 0 spiro atoms. The monoisotopic (exact) mass is 406 g/mol. The Morgan fingerprint density at radius 2 is 1.93 bits per heavy atom. The minimum atomic E-state index is 0.124. The molecule has 1 saturated heterocycles. The fourth-order valence-electron chi connectivity index (χ4n) is 5.28. The lowest BCUT2D eigenvalue weighted by molar-refractivity contribution is 0.225. The SMILES string of the molecule is CC(C)c1ocnc1CN1CCCC1c1nc2ccccc2c(=O)n1C1CCCC1. The number of hydrogen-bond acceptors (Lipinski definition) is 5. The van der Waals surface area contributed by atoms with E-state index in [9.17, 15) is 4.79 Å². The molecule has 6 nitrogen and oxygen atoms in total. The number of nitrogens with zero attached hydrogens (tertiary/aromatic N) is 4. The third-order valence-electron chi connectivity index (χ3n) is 6.74. The number of oxazole rings is 1. The zero-order chi connectivity index (χ0) is 20.7. The Bertz CT molecular complexity index is 1090. The summed E-state index contributed by atoms with van der Waals surface area (Å²) in [6, 6.07) is 8.19. The van der Waals surface area contributed by atoms with Crippen LogP contribution in [-0.2, 0) is 6.54 Å². The maximum absolute atomic E-state index is 13.5. The number of aromatic nitrogens is 3. The molecule has 0 bridgehead atoms. The topological polar surface area (TPSA) is 64.2 Å². The van der Waals surface area contributed by atoms with Crippen LogP contribution in [-0.4, -0.2) is 26.0 Å². The number of para-hydroxylation sites is 1. The highest BCUT2D eigenvalue weighted by atomic mass is 16.3. The van der Waals surface area contributed by atoms with Crippen molar-refractivity contribution >= 4 is 10.9 Å². The molecule has 0 radical (unpaired) electrons. The lowest BCUT2D eigenvalue weighted by Crippen LogP contribution is -2.34. The fraction of sp³-hybridized carbons (Fsp3) is 0.542. The lowest BCUT2D eigenvalue weighted by atomic mass is 10.1. The van der Waals surface area contributed by atoms with Crippen molar-refractivity contribution in [3.8, 4) is 0 Å². The molecular formula is C24H30N4O2. The van der Waals surface area contributed by atoms with Gasteiger partial charge >= 0.3 is 0 Å². The molecular weight excluding hydrogens is 376 g/mol. The molecule has 2 fully saturated rings. The van der Waals surface area contributed by atoms with Gasteiger partial charge in [-0.3, -0.25) is 14.3 Å². The van der Waals surface area contributed by atoms with Crippen LogP contribution in [0.2, 0.25) is 0 Å². The maximum Gasteiger partial charge on any atom is 0.261 e. The van der Waals surface area contributed by atoms with Gasteiger partial charge in [-0.15, -0.1) is 0 Å². The van der Waals surface area contributed by atoms with E-state index in [2.05, 4.69) is 23.7 Å². The predicted octanol–water partition coefficient (Wildman–Crippen LogP) is 4.96. The third-order valence-corrected chi connectivity index (χ3v) is 6.74. The molecule has 6 heteroatoms. The Morgan fingerprint density at radius 1 is 1.13 bits per heavy atom. The summed E-state index contributed by atoms with van der Waals surface area (Å²) >= 11 is 0. The Kier molecular flexibility index (Phi) is 5.19. The van der Waals surface area contributed by atoms with Crippen LogP contribution in [0.25, 0.3) is 10.9 Å². The van der Waals surface area contributed by atoms with E-state index in [1.54, 1.807) is 6.39 Å². The van der Waals surface area contributed by atoms with Crippen molar-refractivity contribution in [2.45, 2.75) is 76.9 Å². The van der Waals surface area contributed by atoms with E-state index in [0.29, 0.717) is 5.92 Å². The first kappa shape index (κ1) is 19.5. The smallest absolute Gasteiger partial charge is 0.261 e. The summed E-state index contributed by atoms with van der Waals surface area (Å²) in [5.74, 6) is 2.21. The number of hydrogen-bond donors (Lipinski definition) is 0. The molecule has 2 aromatic heterocycles. The van der Waals surface area contributed by atoms with Gasteiger partial charge in [0.05, 0.1) is 22.6 Å². The summed E-state index contributed by atoms with van der Waals surface area (Å²) in [6.45, 7) is 5.99. The van der Waals surface area contributed by atoms with Crippen molar-refractivity contribution < 1.29 is 4.42 Å². The first-order valence-electron chi connectivity index (χ1n) is 11.3. The second kappa shape index (κ2) is 7.99. The van der Waals surface area contributed by atoms with Gasteiger partial charge in [-0.25, -0.2) is 9.97 Å². The van der Waals surface area contributed by atoms with Crippen molar-refractivity contribution in [1.82, 2.24) is 19.4 Å². The predicted molar refractivity (Wildman–Crippen MR) is 116 cm³/mol. The van der Waals surface area contributed by atoms with Gasteiger partial charge < -0.3 is 4.42 Å². The molecule has 1 atom stereocenters. The first-order valence-corrected chi connectivity index (χ1v) is 11.3. The number of benzene rings is 1. The highest BCUT2D eigenvalue weighted by Crippen LogP contribution is 2.37. The van der Waals surface area contributed by atoms with E-state index < -0.39 is 0 Å². The Labute approximate surface area is 176 Å². The standard InChI is InChI=1S/C24H30N4O2/c1-16(2)22-20(25-15-30-22)14-27-13-7-12-21(27)23-26-19-11-6-5-10-18(19)24(29)28(23)17-8-3-4-9-17/h5-6,10-11,15-17,21H,3-4,7-9,12-14H2,1-2H3. The lowest BCUT2D eigenvalue weighted by Gasteiger charge is -2.28. The van der Waals surface area contributed by atoms with Gasteiger partial charge in [0, 0.05) is 18.5 Å². The van der Waals surface area contributed by atoms with Gasteiger partial charge in [0.1, 0.15) is 11.6 Å². The number of rotatable bonds is 5. The van der Waals surface area contributed by atoms with Crippen LogP contribution in [0.15, 0.2) is 39.9 Å². The fourth-order valence-corrected chi connectivity index (χ4v) is 5.28. The minimum Gasteiger partial charge on any atom is -0.448 e. The van der Waals surface area contributed by atoms with Crippen LogP contribution in [0, 0.1) is 0 Å². The Hall–Kier alpha value is -2.47. The quantitative estimate of drug-likeness (QED) is 0.599. The zero-order valence-corrected chi connectivity index (χ0v) is 17.9. The van der Waals surface area contributed by atoms with E-state index in [-0.39, 0.29) is 17.6 Å². The molecule has 1 aromatic carbocycles. The van der Waals surface area contributed by atoms with E-state index in [1.165, 1.54) is 12.8 Å². The van der Waals surface area contributed by atoms with Crippen LogP contribution < -0.4 is 5.56 Å². The first-order chi connectivity index (χ1) is 14.6. The largest absolute Gasteiger partial charge is 0.448 e. The van der Waals surface area contributed by atoms with Gasteiger partial charge in [-0.05, 0) is 44.4 Å². The van der Waals surface area contributed by atoms with Crippen molar-refractivity contribution in [2.24, 2.45) is 0 Å². The molecule has 1 unspecified atom stereocenters. The molecule has 30 heavy (non-hydrogen) atoms. The molecule has 1 aliphatic carbocycles. The molecule has 1 saturated carbocycles. The average Bonchev–Trinajstić information content (AvgIpc) is 3.50. The molecule has 2 aliphatic rings.